The van der Waals surface area contributed by atoms with E-state index in [9.17, 15) is 9.59 Å². The molecular formula is C14H15N3O3. The van der Waals surface area contributed by atoms with E-state index in [0.29, 0.717) is 25.1 Å². The van der Waals surface area contributed by atoms with Gasteiger partial charge in [0.05, 0.1) is 17.9 Å². The number of ether oxygens (including phenoxy) is 1. The van der Waals surface area contributed by atoms with Crippen molar-refractivity contribution in [2.24, 2.45) is 0 Å². The topological polar surface area (TPSA) is 62.7 Å². The van der Waals surface area contributed by atoms with Gasteiger partial charge in [0.25, 0.3) is 0 Å². The van der Waals surface area contributed by atoms with Crippen LogP contribution in [0.2, 0.25) is 0 Å². The van der Waals surface area contributed by atoms with Crippen molar-refractivity contribution in [1.82, 2.24) is 15.0 Å². The molecule has 2 aliphatic heterocycles. The average Bonchev–Trinajstić information content (AvgIpc) is 3.00. The van der Waals surface area contributed by atoms with Crippen molar-refractivity contribution >= 4 is 11.9 Å². The predicted molar refractivity (Wildman–Crippen MR) is 69.9 cm³/mol. The molecule has 6 nitrogen and oxygen atoms in total. The Labute approximate surface area is 116 Å². The van der Waals surface area contributed by atoms with Crippen LogP contribution in [0.1, 0.15) is 25.1 Å². The molecule has 0 radical (unpaired) electrons. The van der Waals surface area contributed by atoms with Crippen LogP contribution in [-0.4, -0.2) is 40.0 Å². The van der Waals surface area contributed by atoms with E-state index in [2.05, 4.69) is 4.98 Å². The molecule has 0 spiro atoms. The van der Waals surface area contributed by atoms with E-state index < -0.39 is 5.97 Å². The maximum absolute atomic E-state index is 12.1. The van der Waals surface area contributed by atoms with Crippen LogP contribution in [0.5, 0.6) is 0 Å². The van der Waals surface area contributed by atoms with Gasteiger partial charge in [0, 0.05) is 25.4 Å². The van der Waals surface area contributed by atoms with E-state index in [4.69, 9.17) is 4.74 Å². The minimum atomic E-state index is -0.398. The van der Waals surface area contributed by atoms with Crippen molar-refractivity contribution in [2.75, 3.05) is 13.2 Å². The molecule has 1 amide bonds. The van der Waals surface area contributed by atoms with Crippen LogP contribution in [-0.2, 0) is 14.3 Å². The summed E-state index contributed by atoms with van der Waals surface area (Å²) in [5.74, 6) is -0.407. The summed E-state index contributed by atoms with van der Waals surface area (Å²) in [6, 6.07) is 5.19. The molecular weight excluding hydrogens is 258 g/mol. The molecule has 1 aromatic rings. The second kappa shape index (κ2) is 5.05. The van der Waals surface area contributed by atoms with E-state index in [-0.39, 0.29) is 11.9 Å². The number of hydrogen-bond donors (Lipinski definition) is 0. The fourth-order valence-electron chi connectivity index (χ4n) is 2.57. The fourth-order valence-corrected chi connectivity index (χ4v) is 2.57. The zero-order valence-corrected chi connectivity index (χ0v) is 11.2. The van der Waals surface area contributed by atoms with Gasteiger partial charge in [-0.05, 0) is 19.1 Å². The van der Waals surface area contributed by atoms with Gasteiger partial charge < -0.3 is 4.74 Å². The fraction of sp³-hybridized carbons (Fsp3) is 0.357. The molecule has 20 heavy (non-hydrogen) atoms. The van der Waals surface area contributed by atoms with Crippen LogP contribution < -0.4 is 0 Å². The molecule has 1 saturated heterocycles. The Morgan fingerprint density at radius 1 is 1.50 bits per heavy atom. The molecule has 104 valence electrons. The third-order valence-corrected chi connectivity index (χ3v) is 3.42. The molecule has 6 heteroatoms. The van der Waals surface area contributed by atoms with Crippen LogP contribution in [0.15, 0.2) is 36.2 Å². The standard InChI is InChI=1S/C14H15N3O3/c1-2-20-14(19)10-9-17-12(18)6-8-16(17)13(10)11-5-3-4-7-15-11/h3-5,7,9,13H,2,6,8H2,1H3. The first kappa shape index (κ1) is 12.8. The van der Waals surface area contributed by atoms with Crippen LogP contribution in [0.3, 0.4) is 0 Å². The number of hydrazine groups is 1. The molecule has 2 aliphatic rings. The Morgan fingerprint density at radius 2 is 2.35 bits per heavy atom. The third kappa shape index (κ3) is 1.98. The van der Waals surface area contributed by atoms with E-state index in [1.54, 1.807) is 19.3 Å². The van der Waals surface area contributed by atoms with Gasteiger partial charge in [-0.25, -0.2) is 14.8 Å². The number of amides is 1. The van der Waals surface area contributed by atoms with Gasteiger partial charge in [0.1, 0.15) is 6.04 Å². The molecule has 0 aliphatic carbocycles. The number of carbonyl (C=O) groups is 2. The predicted octanol–water partition coefficient (Wildman–Crippen LogP) is 1.03. The van der Waals surface area contributed by atoms with Gasteiger partial charge >= 0.3 is 5.97 Å². The lowest BCUT2D eigenvalue weighted by molar-refractivity contribution is -0.139. The zero-order valence-electron chi connectivity index (χ0n) is 11.2. The second-order valence-electron chi connectivity index (χ2n) is 4.61. The van der Waals surface area contributed by atoms with Crippen molar-refractivity contribution in [3.05, 3.63) is 41.9 Å². The Morgan fingerprint density at radius 3 is 3.05 bits per heavy atom. The first-order valence-corrected chi connectivity index (χ1v) is 6.60. The number of rotatable bonds is 3. The maximum Gasteiger partial charge on any atom is 0.337 e. The van der Waals surface area contributed by atoms with Crippen molar-refractivity contribution in [2.45, 2.75) is 19.4 Å². The number of esters is 1. The number of aromatic nitrogens is 1. The summed E-state index contributed by atoms with van der Waals surface area (Å²) in [6.07, 6.45) is 3.71. The smallest absolute Gasteiger partial charge is 0.337 e. The van der Waals surface area contributed by atoms with Crippen molar-refractivity contribution < 1.29 is 14.3 Å². The second-order valence-corrected chi connectivity index (χ2v) is 4.61. The molecule has 3 heterocycles. The quantitative estimate of drug-likeness (QED) is 0.770. The lowest BCUT2D eigenvalue weighted by Crippen LogP contribution is -2.33. The van der Waals surface area contributed by atoms with Gasteiger partial charge in [-0.15, -0.1) is 0 Å². The normalized spacial score (nSPS) is 21.9. The van der Waals surface area contributed by atoms with Crippen LogP contribution >= 0.6 is 0 Å². The zero-order chi connectivity index (χ0) is 14.1. The van der Waals surface area contributed by atoms with Gasteiger partial charge in [-0.2, -0.15) is 0 Å². The number of nitrogens with zero attached hydrogens (tertiary/aromatic N) is 3. The monoisotopic (exact) mass is 273 g/mol. The molecule has 0 bridgehead atoms. The first-order valence-electron chi connectivity index (χ1n) is 6.60. The molecule has 1 fully saturated rings. The van der Waals surface area contributed by atoms with Crippen LogP contribution in [0.4, 0.5) is 0 Å². The van der Waals surface area contributed by atoms with Crippen LogP contribution in [0, 0.1) is 0 Å². The molecule has 0 aromatic carbocycles. The summed E-state index contributed by atoms with van der Waals surface area (Å²) < 4.78 is 5.08. The van der Waals surface area contributed by atoms with Gasteiger partial charge in [-0.1, -0.05) is 6.07 Å². The highest BCUT2D eigenvalue weighted by atomic mass is 16.5. The summed E-state index contributed by atoms with van der Waals surface area (Å²) >= 11 is 0. The van der Waals surface area contributed by atoms with Gasteiger partial charge in [0.15, 0.2) is 0 Å². The highest BCUT2D eigenvalue weighted by Gasteiger charge is 2.44. The van der Waals surface area contributed by atoms with Crippen molar-refractivity contribution in [1.29, 1.82) is 0 Å². The minimum absolute atomic E-state index is 0.00905. The van der Waals surface area contributed by atoms with Gasteiger partial charge in [-0.3, -0.25) is 9.78 Å². The highest BCUT2D eigenvalue weighted by Crippen LogP contribution is 2.38. The molecule has 0 saturated carbocycles. The molecule has 1 aromatic heterocycles. The average molecular weight is 273 g/mol. The Bertz CT molecular complexity index is 570. The van der Waals surface area contributed by atoms with E-state index in [0.717, 1.165) is 5.69 Å². The van der Waals surface area contributed by atoms with Crippen LogP contribution in [0.25, 0.3) is 0 Å². The van der Waals surface area contributed by atoms with Crippen molar-refractivity contribution in [3.8, 4) is 0 Å². The third-order valence-electron chi connectivity index (χ3n) is 3.42. The number of pyridine rings is 1. The Kier molecular flexibility index (Phi) is 3.23. The summed E-state index contributed by atoms with van der Waals surface area (Å²) in [5.41, 5.74) is 1.20. The SMILES string of the molecule is CCOC(=O)C1=CN2C(=O)CCN2C1c1ccccn1. The number of fused-ring (bicyclic) bond motifs is 1. The maximum atomic E-state index is 12.1. The number of hydrogen-bond acceptors (Lipinski definition) is 5. The lowest BCUT2D eigenvalue weighted by atomic mass is 10.0. The van der Waals surface area contributed by atoms with E-state index in [1.165, 1.54) is 5.01 Å². The molecule has 1 unspecified atom stereocenters. The first-order chi connectivity index (χ1) is 9.72. The minimum Gasteiger partial charge on any atom is -0.463 e. The molecule has 0 N–H and O–H groups in total. The summed E-state index contributed by atoms with van der Waals surface area (Å²) in [6.45, 7) is 2.65. The summed E-state index contributed by atoms with van der Waals surface area (Å²) in [4.78, 5) is 28.2. The number of carbonyl (C=O) groups excluding carboxylic acids is 2. The van der Waals surface area contributed by atoms with E-state index >= 15 is 0 Å². The Hall–Kier alpha value is -2.21. The lowest BCUT2D eigenvalue weighted by Gasteiger charge is -2.25. The summed E-state index contributed by atoms with van der Waals surface area (Å²) in [5, 5.41) is 3.36. The molecule has 3 rings (SSSR count). The largest absolute Gasteiger partial charge is 0.463 e. The highest BCUT2D eigenvalue weighted by molar-refractivity contribution is 5.92. The summed E-state index contributed by atoms with van der Waals surface area (Å²) in [7, 11) is 0. The van der Waals surface area contributed by atoms with Gasteiger partial charge in [0.2, 0.25) is 5.91 Å². The molecule has 1 atom stereocenters. The Balaban J connectivity index is 1.98. The van der Waals surface area contributed by atoms with Crippen molar-refractivity contribution in [3.63, 3.8) is 0 Å². The van der Waals surface area contributed by atoms with E-state index in [1.807, 2.05) is 23.2 Å².